The van der Waals surface area contributed by atoms with Crippen molar-refractivity contribution in [3.63, 3.8) is 0 Å². The van der Waals surface area contributed by atoms with E-state index < -0.39 is 18.5 Å². The number of nitrogens with one attached hydrogen (secondary N) is 1. The molecule has 0 saturated heterocycles. The zero-order valence-electron chi connectivity index (χ0n) is 11.2. The summed E-state index contributed by atoms with van der Waals surface area (Å²) in [5.41, 5.74) is 0. The van der Waals surface area contributed by atoms with Crippen LogP contribution in [-0.4, -0.2) is 65.5 Å². The molecule has 0 heterocycles. The number of carbonyl (C=O) groups excluding carboxylic acids is 2. The molecule has 0 rings (SSSR count). The van der Waals surface area contributed by atoms with Gasteiger partial charge < -0.3 is 20.2 Å². The van der Waals surface area contributed by atoms with Crippen molar-refractivity contribution in [3.05, 3.63) is 0 Å². The largest absolute Gasteiger partial charge is 0.480 e. The number of amides is 3. The van der Waals surface area contributed by atoms with E-state index in [9.17, 15) is 14.4 Å². The van der Waals surface area contributed by atoms with Crippen molar-refractivity contribution in [1.29, 1.82) is 0 Å². The number of hydrogen-bond acceptors (Lipinski definition) is 3. The first kappa shape index (κ1) is 16.8. The van der Waals surface area contributed by atoms with E-state index in [0.29, 0.717) is 13.1 Å². The molecule has 7 nitrogen and oxygen atoms in total. The molecule has 0 radical (unpaired) electrons. The second-order valence-electron chi connectivity index (χ2n) is 3.68. The Morgan fingerprint density at radius 2 is 1.79 bits per heavy atom. The van der Waals surface area contributed by atoms with Crippen LogP contribution in [0.2, 0.25) is 0 Å². The van der Waals surface area contributed by atoms with Gasteiger partial charge in [-0.2, -0.15) is 0 Å². The first-order valence-corrected chi connectivity index (χ1v) is 5.92. The van der Waals surface area contributed by atoms with Gasteiger partial charge in [-0.25, -0.2) is 4.79 Å². The number of carboxylic acids is 1. The van der Waals surface area contributed by atoms with Gasteiger partial charge in [-0.15, -0.1) is 6.42 Å². The smallest absolute Gasteiger partial charge is 0.323 e. The third-order valence-corrected chi connectivity index (χ3v) is 2.40. The predicted octanol–water partition coefficient (Wildman–Crippen LogP) is -0.416. The molecule has 0 aliphatic rings. The quantitative estimate of drug-likeness (QED) is 0.614. The van der Waals surface area contributed by atoms with Crippen molar-refractivity contribution in [2.75, 3.05) is 32.7 Å². The maximum atomic E-state index is 11.7. The molecule has 0 aromatic carbocycles. The van der Waals surface area contributed by atoms with E-state index in [-0.39, 0.29) is 19.0 Å². The molecule has 0 atom stereocenters. The first-order valence-electron chi connectivity index (χ1n) is 5.92. The number of carbonyl (C=O) groups is 3. The zero-order valence-corrected chi connectivity index (χ0v) is 11.2. The molecule has 3 amide bonds. The number of rotatable bonds is 7. The van der Waals surface area contributed by atoms with E-state index in [0.717, 1.165) is 4.90 Å². The maximum absolute atomic E-state index is 11.7. The average Bonchev–Trinajstić information content (AvgIpc) is 2.36. The highest BCUT2D eigenvalue weighted by Gasteiger charge is 2.17. The van der Waals surface area contributed by atoms with Crippen LogP contribution in [0.25, 0.3) is 0 Å². The predicted molar refractivity (Wildman–Crippen MR) is 69.4 cm³/mol. The Balaban J connectivity index is 4.37. The summed E-state index contributed by atoms with van der Waals surface area (Å²) in [5, 5.41) is 11.0. The first-order chi connectivity index (χ1) is 8.96. The van der Waals surface area contributed by atoms with Gasteiger partial charge in [0.25, 0.3) is 0 Å². The fraction of sp³-hybridized carbons (Fsp3) is 0.583. The summed E-state index contributed by atoms with van der Waals surface area (Å²) in [7, 11) is 0. The van der Waals surface area contributed by atoms with E-state index >= 15 is 0 Å². The lowest BCUT2D eigenvalue weighted by molar-refractivity contribution is -0.137. The Bertz CT molecular complexity index is 372. The van der Waals surface area contributed by atoms with Gasteiger partial charge in [-0.05, 0) is 13.8 Å². The van der Waals surface area contributed by atoms with Crippen LogP contribution in [0.4, 0.5) is 4.79 Å². The average molecular weight is 269 g/mol. The number of terminal acetylenes is 1. The molecule has 0 aromatic heterocycles. The van der Waals surface area contributed by atoms with Crippen LogP contribution in [0.5, 0.6) is 0 Å². The minimum Gasteiger partial charge on any atom is -0.480 e. The second kappa shape index (κ2) is 8.80. The lowest BCUT2D eigenvalue weighted by Crippen LogP contribution is -2.47. The summed E-state index contributed by atoms with van der Waals surface area (Å²) >= 11 is 0. The lowest BCUT2D eigenvalue weighted by atomic mass is 10.4. The van der Waals surface area contributed by atoms with Crippen LogP contribution >= 0.6 is 0 Å². The number of nitrogens with zero attached hydrogens (tertiary/aromatic N) is 2. The molecular weight excluding hydrogens is 250 g/mol. The topological polar surface area (TPSA) is 90.0 Å². The van der Waals surface area contributed by atoms with E-state index in [2.05, 4.69) is 11.2 Å². The summed E-state index contributed by atoms with van der Waals surface area (Å²) in [4.78, 5) is 36.4. The number of carboxylic acid groups (broad SMARTS) is 1. The number of urea groups is 1. The minimum atomic E-state index is -1.17. The maximum Gasteiger partial charge on any atom is 0.323 e. The number of hydrogen-bond donors (Lipinski definition) is 2. The molecule has 0 spiro atoms. The summed E-state index contributed by atoms with van der Waals surface area (Å²) in [6, 6.07) is -0.666. The molecule has 0 aliphatic heterocycles. The van der Waals surface area contributed by atoms with Crippen LogP contribution in [-0.2, 0) is 9.59 Å². The van der Waals surface area contributed by atoms with E-state index in [1.165, 1.54) is 0 Å². The highest BCUT2D eigenvalue weighted by molar-refractivity contribution is 5.85. The van der Waals surface area contributed by atoms with Crippen molar-refractivity contribution < 1.29 is 19.5 Å². The molecular formula is C12H19N3O4. The standard InChI is InChI=1S/C12H19N3O4/c1-4-7-15(9-11(17)18)12(19)13-8-10(16)14(5-2)6-3/h1H,5-9H2,2-3H3,(H,13,19)(H,17,18). The van der Waals surface area contributed by atoms with Gasteiger partial charge in [-0.1, -0.05) is 5.92 Å². The molecule has 0 aliphatic carbocycles. The summed E-state index contributed by atoms with van der Waals surface area (Å²) in [6.07, 6.45) is 5.05. The Morgan fingerprint density at radius 1 is 1.21 bits per heavy atom. The molecule has 0 unspecified atom stereocenters. The van der Waals surface area contributed by atoms with Crippen molar-refractivity contribution in [2.45, 2.75) is 13.8 Å². The van der Waals surface area contributed by atoms with Crippen LogP contribution in [0.3, 0.4) is 0 Å². The van der Waals surface area contributed by atoms with Gasteiger partial charge in [0.15, 0.2) is 0 Å². The van der Waals surface area contributed by atoms with Crippen molar-refractivity contribution in [3.8, 4) is 12.3 Å². The van der Waals surface area contributed by atoms with Gasteiger partial charge in [0.05, 0.1) is 13.1 Å². The Morgan fingerprint density at radius 3 is 2.21 bits per heavy atom. The lowest BCUT2D eigenvalue weighted by Gasteiger charge is -2.21. The van der Waals surface area contributed by atoms with Crippen LogP contribution in [0, 0.1) is 12.3 Å². The zero-order chi connectivity index (χ0) is 14.8. The fourth-order valence-electron chi connectivity index (χ4n) is 1.42. The van der Waals surface area contributed by atoms with Gasteiger partial charge >= 0.3 is 12.0 Å². The van der Waals surface area contributed by atoms with Gasteiger partial charge in [0, 0.05) is 13.1 Å². The minimum absolute atomic E-state index is 0.127. The van der Waals surface area contributed by atoms with Crippen LogP contribution < -0.4 is 5.32 Å². The number of aliphatic carboxylic acids is 1. The van der Waals surface area contributed by atoms with Crippen LogP contribution in [0.1, 0.15) is 13.8 Å². The van der Waals surface area contributed by atoms with E-state index in [1.54, 1.807) is 4.90 Å². The summed E-state index contributed by atoms with van der Waals surface area (Å²) < 4.78 is 0. The summed E-state index contributed by atoms with van der Waals surface area (Å²) in [5.74, 6) is 0.800. The van der Waals surface area contributed by atoms with E-state index in [1.807, 2.05) is 13.8 Å². The molecule has 0 aromatic rings. The summed E-state index contributed by atoms with van der Waals surface area (Å²) in [6.45, 7) is 3.95. The SMILES string of the molecule is C#CCN(CC(=O)O)C(=O)NCC(=O)N(CC)CC. The van der Waals surface area contributed by atoms with E-state index in [4.69, 9.17) is 11.5 Å². The molecule has 2 N–H and O–H groups in total. The number of likely N-dealkylation sites (N-methyl/N-ethyl adjacent to an activating group) is 1. The van der Waals surface area contributed by atoms with Crippen molar-refractivity contribution >= 4 is 17.9 Å². The molecule has 0 bridgehead atoms. The van der Waals surface area contributed by atoms with Gasteiger partial charge in [-0.3, -0.25) is 9.59 Å². The Labute approximate surface area is 112 Å². The third kappa shape index (κ3) is 6.31. The highest BCUT2D eigenvalue weighted by Crippen LogP contribution is 1.91. The molecule has 106 valence electrons. The van der Waals surface area contributed by atoms with Crippen molar-refractivity contribution in [1.82, 2.24) is 15.1 Å². The van der Waals surface area contributed by atoms with Gasteiger partial charge in [0.2, 0.25) is 5.91 Å². The molecule has 7 heteroatoms. The second-order valence-corrected chi connectivity index (χ2v) is 3.68. The van der Waals surface area contributed by atoms with Gasteiger partial charge in [0.1, 0.15) is 6.54 Å². The fourth-order valence-corrected chi connectivity index (χ4v) is 1.42. The molecule has 19 heavy (non-hydrogen) atoms. The van der Waals surface area contributed by atoms with Crippen molar-refractivity contribution in [2.24, 2.45) is 0 Å². The highest BCUT2D eigenvalue weighted by atomic mass is 16.4. The molecule has 0 saturated carbocycles. The van der Waals surface area contributed by atoms with Crippen LogP contribution in [0.15, 0.2) is 0 Å². The molecule has 0 fully saturated rings. The Hall–Kier alpha value is -2.23. The third-order valence-electron chi connectivity index (χ3n) is 2.40. The monoisotopic (exact) mass is 269 g/mol. The Kier molecular flexibility index (Phi) is 7.77. The normalized spacial score (nSPS) is 9.32.